The van der Waals surface area contributed by atoms with E-state index in [1.54, 1.807) is 30.3 Å². The van der Waals surface area contributed by atoms with Gasteiger partial charge in [0.05, 0.1) is 17.9 Å². The van der Waals surface area contributed by atoms with Gasteiger partial charge < -0.3 is 10.6 Å². The third-order valence-electron chi connectivity index (χ3n) is 4.76. The van der Waals surface area contributed by atoms with Crippen molar-refractivity contribution < 1.29 is 13.6 Å². The largest absolute Gasteiger partial charge is 0.396 e. The third-order valence-corrected chi connectivity index (χ3v) is 4.76. The number of carbonyl (C=O) groups excluding carboxylic acids is 1. The molecule has 148 valence electrons. The Bertz CT molecular complexity index is 1030. The summed E-state index contributed by atoms with van der Waals surface area (Å²) in [5.74, 6) is -0.140. The number of nitrogen functional groups attached to an aromatic ring is 1. The smallest absolute Gasteiger partial charge is 0.323 e. The fraction of sp³-hybridized carbons (Fsp3) is 0.200. The summed E-state index contributed by atoms with van der Waals surface area (Å²) in [6, 6.07) is 10.2. The van der Waals surface area contributed by atoms with Crippen molar-refractivity contribution in [3.8, 4) is 11.3 Å². The first-order valence-electron chi connectivity index (χ1n) is 8.99. The van der Waals surface area contributed by atoms with Crippen molar-refractivity contribution in [1.82, 2.24) is 19.9 Å². The lowest BCUT2D eigenvalue weighted by molar-refractivity contribution is 0.158. The van der Waals surface area contributed by atoms with Gasteiger partial charge in [0.1, 0.15) is 5.82 Å². The standard InChI is InChI=1S/C20H18F2N6O/c21-14-4-2-13(3-5-14)16-7-6-15(23)17(26-16)27-19(29)28-11-8-20(22,12-28)18-24-9-1-10-25-18/h1-7,9-10H,8,11-12,23H2,(H,26,27,29). The molecule has 1 saturated heterocycles. The first-order valence-corrected chi connectivity index (χ1v) is 8.99. The minimum atomic E-state index is -1.80. The molecule has 7 nitrogen and oxygen atoms in total. The normalized spacial score (nSPS) is 18.6. The molecule has 1 aliphatic rings. The SMILES string of the molecule is Nc1ccc(-c2ccc(F)cc2)nc1NC(=O)N1CCC(F)(c2ncccn2)C1. The molecule has 3 N–H and O–H groups in total. The molecule has 9 heteroatoms. The van der Waals surface area contributed by atoms with E-state index >= 15 is 4.39 Å². The van der Waals surface area contributed by atoms with Crippen molar-refractivity contribution in [3.63, 3.8) is 0 Å². The van der Waals surface area contributed by atoms with Crippen LogP contribution in [0.15, 0.2) is 54.9 Å². The Labute approximate surface area is 165 Å². The highest BCUT2D eigenvalue weighted by atomic mass is 19.1. The van der Waals surface area contributed by atoms with E-state index in [2.05, 4.69) is 20.3 Å². The number of rotatable bonds is 3. The van der Waals surface area contributed by atoms with Crippen LogP contribution >= 0.6 is 0 Å². The number of likely N-dealkylation sites (tertiary alicyclic amines) is 1. The number of nitrogens with zero attached hydrogens (tertiary/aromatic N) is 4. The zero-order valence-corrected chi connectivity index (χ0v) is 15.3. The zero-order chi connectivity index (χ0) is 20.4. The first kappa shape index (κ1) is 18.7. The van der Waals surface area contributed by atoms with Crippen molar-refractivity contribution in [1.29, 1.82) is 0 Å². The molecule has 1 aromatic carbocycles. The van der Waals surface area contributed by atoms with Gasteiger partial charge in [0.15, 0.2) is 17.3 Å². The maximum absolute atomic E-state index is 15.2. The molecule has 2 amide bonds. The van der Waals surface area contributed by atoms with Gasteiger partial charge in [-0.25, -0.2) is 28.5 Å². The van der Waals surface area contributed by atoms with Crippen LogP contribution in [-0.4, -0.2) is 39.0 Å². The Morgan fingerprint density at radius 3 is 2.59 bits per heavy atom. The molecule has 0 radical (unpaired) electrons. The Kier molecular flexibility index (Phi) is 4.79. The molecule has 1 aliphatic heterocycles. The average molecular weight is 396 g/mol. The maximum atomic E-state index is 15.2. The highest BCUT2D eigenvalue weighted by Gasteiger charge is 2.44. The van der Waals surface area contributed by atoms with Crippen LogP contribution in [-0.2, 0) is 5.67 Å². The van der Waals surface area contributed by atoms with Crippen LogP contribution in [0, 0.1) is 5.82 Å². The van der Waals surface area contributed by atoms with Gasteiger partial charge in [-0.1, -0.05) is 0 Å². The summed E-state index contributed by atoms with van der Waals surface area (Å²) in [5, 5.41) is 2.63. The molecular formula is C20H18F2N6O. The van der Waals surface area contributed by atoms with Gasteiger partial charge in [0, 0.05) is 30.9 Å². The predicted molar refractivity (Wildman–Crippen MR) is 104 cm³/mol. The van der Waals surface area contributed by atoms with Gasteiger partial charge in [-0.05, 0) is 42.5 Å². The number of urea groups is 1. The summed E-state index contributed by atoms with van der Waals surface area (Å²) >= 11 is 0. The van der Waals surface area contributed by atoms with E-state index in [1.807, 2.05) is 0 Å². The van der Waals surface area contributed by atoms with Crippen LogP contribution in [0.25, 0.3) is 11.3 Å². The number of nitrogens with one attached hydrogen (secondary N) is 1. The van der Waals surface area contributed by atoms with E-state index in [1.165, 1.54) is 29.4 Å². The zero-order valence-electron chi connectivity index (χ0n) is 15.3. The molecule has 1 unspecified atom stereocenters. The van der Waals surface area contributed by atoms with E-state index in [4.69, 9.17) is 5.73 Å². The monoisotopic (exact) mass is 396 g/mol. The van der Waals surface area contributed by atoms with E-state index in [9.17, 15) is 9.18 Å². The number of halogens is 2. The van der Waals surface area contributed by atoms with Gasteiger partial charge in [-0.15, -0.1) is 0 Å². The van der Waals surface area contributed by atoms with Crippen molar-refractivity contribution >= 4 is 17.5 Å². The number of hydrogen-bond donors (Lipinski definition) is 2. The van der Waals surface area contributed by atoms with Gasteiger partial charge >= 0.3 is 6.03 Å². The van der Waals surface area contributed by atoms with Gasteiger partial charge in [0.25, 0.3) is 0 Å². The van der Waals surface area contributed by atoms with Crippen LogP contribution in [0.3, 0.4) is 0 Å². The van der Waals surface area contributed by atoms with Crippen molar-refractivity contribution in [2.45, 2.75) is 12.1 Å². The Balaban J connectivity index is 1.50. The summed E-state index contributed by atoms with van der Waals surface area (Å²) in [6.07, 6.45) is 3.04. The topological polar surface area (TPSA) is 97.0 Å². The summed E-state index contributed by atoms with van der Waals surface area (Å²) < 4.78 is 28.3. The van der Waals surface area contributed by atoms with Crippen molar-refractivity contribution in [2.75, 3.05) is 24.1 Å². The van der Waals surface area contributed by atoms with E-state index < -0.39 is 11.7 Å². The summed E-state index contributed by atoms with van der Waals surface area (Å²) in [7, 11) is 0. The van der Waals surface area contributed by atoms with Crippen LogP contribution in [0.5, 0.6) is 0 Å². The molecule has 0 bridgehead atoms. The quantitative estimate of drug-likeness (QED) is 0.708. The maximum Gasteiger partial charge on any atom is 0.323 e. The van der Waals surface area contributed by atoms with Crippen LogP contribution in [0.4, 0.5) is 25.1 Å². The fourth-order valence-corrected chi connectivity index (χ4v) is 3.19. The molecule has 4 rings (SSSR count). The number of benzene rings is 1. The Hall–Kier alpha value is -3.62. The van der Waals surface area contributed by atoms with Crippen LogP contribution in [0.1, 0.15) is 12.2 Å². The van der Waals surface area contributed by atoms with E-state index in [-0.39, 0.29) is 42.7 Å². The van der Waals surface area contributed by atoms with Crippen LogP contribution < -0.4 is 11.1 Å². The number of aromatic nitrogens is 3. The van der Waals surface area contributed by atoms with E-state index in [0.29, 0.717) is 11.3 Å². The summed E-state index contributed by atoms with van der Waals surface area (Å²) in [6.45, 7) is 0.0402. The first-order chi connectivity index (χ1) is 13.9. The number of anilines is 2. The molecule has 0 spiro atoms. The molecular weight excluding hydrogens is 378 g/mol. The summed E-state index contributed by atoms with van der Waals surface area (Å²) in [4.78, 5) is 26.3. The number of alkyl halides is 1. The fourth-order valence-electron chi connectivity index (χ4n) is 3.19. The van der Waals surface area contributed by atoms with Gasteiger partial charge in [0.2, 0.25) is 0 Å². The molecule has 1 fully saturated rings. The van der Waals surface area contributed by atoms with Crippen molar-refractivity contribution in [2.24, 2.45) is 0 Å². The molecule has 29 heavy (non-hydrogen) atoms. The summed E-state index contributed by atoms with van der Waals surface area (Å²) in [5.41, 5.74) is 5.60. The predicted octanol–water partition coefficient (Wildman–Crippen LogP) is 3.36. The van der Waals surface area contributed by atoms with Crippen molar-refractivity contribution in [3.05, 3.63) is 66.5 Å². The molecule has 0 saturated carbocycles. The molecule has 2 aromatic heterocycles. The molecule has 3 heterocycles. The Morgan fingerprint density at radius 2 is 1.86 bits per heavy atom. The van der Waals surface area contributed by atoms with Gasteiger partial charge in [-0.2, -0.15) is 0 Å². The highest BCUT2D eigenvalue weighted by molar-refractivity contribution is 5.92. The van der Waals surface area contributed by atoms with Gasteiger partial charge in [-0.3, -0.25) is 5.32 Å². The number of carbonyl (C=O) groups is 1. The molecule has 3 aromatic rings. The second kappa shape index (κ2) is 7.42. The third kappa shape index (κ3) is 3.84. The minimum absolute atomic E-state index is 0.0613. The second-order valence-corrected chi connectivity index (χ2v) is 6.78. The number of amides is 2. The number of hydrogen-bond acceptors (Lipinski definition) is 5. The molecule has 0 aliphatic carbocycles. The lowest BCUT2D eigenvalue weighted by atomic mass is 10.1. The molecule has 1 atom stereocenters. The second-order valence-electron chi connectivity index (χ2n) is 6.78. The number of pyridine rings is 1. The van der Waals surface area contributed by atoms with E-state index in [0.717, 1.165) is 0 Å². The average Bonchev–Trinajstić information content (AvgIpc) is 3.15. The Morgan fingerprint density at radius 1 is 1.14 bits per heavy atom. The highest BCUT2D eigenvalue weighted by Crippen LogP contribution is 2.34. The number of nitrogens with two attached hydrogens (primary N) is 1. The lowest BCUT2D eigenvalue weighted by Crippen LogP contribution is -2.36. The minimum Gasteiger partial charge on any atom is -0.396 e. The lowest BCUT2D eigenvalue weighted by Gasteiger charge is -2.20. The van der Waals surface area contributed by atoms with Crippen LogP contribution in [0.2, 0.25) is 0 Å².